The van der Waals surface area contributed by atoms with Gasteiger partial charge in [0.1, 0.15) is 5.92 Å². The van der Waals surface area contributed by atoms with Crippen molar-refractivity contribution in [2.24, 2.45) is 17.3 Å². The molecule has 26 heavy (non-hydrogen) atoms. The Morgan fingerprint density at radius 2 is 1.88 bits per heavy atom. The van der Waals surface area contributed by atoms with Crippen LogP contribution in [0.2, 0.25) is 0 Å². The van der Waals surface area contributed by atoms with Crippen molar-refractivity contribution < 1.29 is 0 Å². The van der Waals surface area contributed by atoms with Gasteiger partial charge in [0.25, 0.3) is 0 Å². The second-order valence-corrected chi connectivity index (χ2v) is 7.12. The van der Waals surface area contributed by atoms with Crippen LogP contribution < -0.4 is 0 Å². The highest BCUT2D eigenvalue weighted by Gasteiger charge is 2.57. The molecule has 1 aliphatic heterocycles. The summed E-state index contributed by atoms with van der Waals surface area (Å²) in [6, 6.07) is 10.3. The number of hydrogen-bond donors (Lipinski definition) is 1. The quantitative estimate of drug-likeness (QED) is 0.829. The summed E-state index contributed by atoms with van der Waals surface area (Å²) in [6.07, 6.45) is 5.30. The van der Waals surface area contributed by atoms with Gasteiger partial charge in [-0.3, -0.25) is 9.88 Å². The van der Waals surface area contributed by atoms with Crippen molar-refractivity contribution in [1.82, 2.24) is 9.88 Å². The maximum Gasteiger partial charge on any atom is 0.189 e. The van der Waals surface area contributed by atoms with Crippen LogP contribution >= 0.6 is 0 Å². The van der Waals surface area contributed by atoms with E-state index in [1.165, 1.54) is 0 Å². The molecular formula is C20H20N6. The lowest BCUT2D eigenvalue weighted by Gasteiger charge is -2.48. The summed E-state index contributed by atoms with van der Waals surface area (Å²) in [4.78, 5) is 6.31. The summed E-state index contributed by atoms with van der Waals surface area (Å²) < 4.78 is 0. The monoisotopic (exact) mass is 344 g/mol. The Hall–Kier alpha value is -3.01. The van der Waals surface area contributed by atoms with Crippen LogP contribution in [0.15, 0.2) is 36.2 Å². The molecule has 0 amide bonds. The van der Waals surface area contributed by atoms with Crippen LogP contribution in [0.5, 0.6) is 0 Å². The molecule has 6 heteroatoms. The Labute approximate surface area is 153 Å². The molecule has 1 N–H and O–H groups in total. The number of aromatic nitrogens is 1. The van der Waals surface area contributed by atoms with E-state index in [-0.39, 0.29) is 11.6 Å². The minimum Gasteiger partial charge on any atom is -0.305 e. The number of pyridine rings is 1. The Balaban J connectivity index is 2.23. The topological polar surface area (TPSA) is 111 Å². The van der Waals surface area contributed by atoms with Crippen molar-refractivity contribution in [1.29, 1.82) is 21.2 Å². The third-order valence-corrected chi connectivity index (χ3v) is 5.61. The van der Waals surface area contributed by atoms with Gasteiger partial charge < -0.3 is 5.41 Å². The third kappa shape index (κ3) is 2.49. The molecule has 0 radical (unpaired) electrons. The maximum absolute atomic E-state index is 9.95. The number of fused-ring (bicyclic) bond motifs is 1. The van der Waals surface area contributed by atoms with Crippen molar-refractivity contribution in [3.8, 4) is 18.2 Å². The summed E-state index contributed by atoms with van der Waals surface area (Å²) in [6.45, 7) is 5.58. The van der Waals surface area contributed by atoms with Crippen molar-refractivity contribution in [2.45, 2.75) is 25.8 Å². The molecule has 0 saturated heterocycles. The third-order valence-electron chi connectivity index (χ3n) is 5.61. The van der Waals surface area contributed by atoms with Gasteiger partial charge in [0.05, 0.1) is 23.9 Å². The highest BCUT2D eigenvalue weighted by molar-refractivity contribution is 6.00. The summed E-state index contributed by atoms with van der Waals surface area (Å²) in [7, 11) is 0. The van der Waals surface area contributed by atoms with Gasteiger partial charge in [0.2, 0.25) is 0 Å². The average Bonchev–Trinajstić information content (AvgIpc) is 2.67. The van der Waals surface area contributed by atoms with E-state index in [0.717, 1.165) is 11.1 Å². The molecule has 1 aromatic rings. The molecule has 130 valence electrons. The van der Waals surface area contributed by atoms with Gasteiger partial charge >= 0.3 is 0 Å². The van der Waals surface area contributed by atoms with Crippen molar-refractivity contribution in [3.63, 3.8) is 0 Å². The number of rotatable bonds is 2. The second-order valence-electron chi connectivity index (χ2n) is 7.12. The summed E-state index contributed by atoms with van der Waals surface area (Å²) in [5, 5.41) is 38.1. The standard InChI is InChI=1S/C20H20N6/c1-13(2)26-8-5-15-16(9-21)19(24)20(11-22,12-23)18(17(15)10-26)14-3-6-25-7-4-14/h3-7,13,16-18,24H,8,10H2,1-2H3/t16?,17-,18+/m0/s1. The fraction of sp³-hybridized carbons (Fsp3) is 0.450. The highest BCUT2D eigenvalue weighted by Crippen LogP contribution is 2.53. The second kappa shape index (κ2) is 6.71. The fourth-order valence-electron chi connectivity index (χ4n) is 4.20. The van der Waals surface area contributed by atoms with Crippen LogP contribution in [0.25, 0.3) is 0 Å². The first-order valence-electron chi connectivity index (χ1n) is 8.65. The van der Waals surface area contributed by atoms with Crippen LogP contribution in [0.3, 0.4) is 0 Å². The van der Waals surface area contributed by atoms with E-state index < -0.39 is 17.3 Å². The first-order chi connectivity index (χ1) is 12.5. The first kappa shape index (κ1) is 17.8. The van der Waals surface area contributed by atoms with Crippen molar-refractivity contribution in [3.05, 3.63) is 41.7 Å². The minimum atomic E-state index is -1.65. The van der Waals surface area contributed by atoms with Crippen LogP contribution in [-0.2, 0) is 0 Å². The molecule has 0 bridgehead atoms. The van der Waals surface area contributed by atoms with Crippen LogP contribution in [0, 0.1) is 56.7 Å². The van der Waals surface area contributed by atoms with Gasteiger partial charge in [-0.15, -0.1) is 0 Å². The Bertz CT molecular complexity index is 850. The van der Waals surface area contributed by atoms with E-state index in [1.54, 1.807) is 24.5 Å². The van der Waals surface area contributed by atoms with Gasteiger partial charge in [-0.2, -0.15) is 15.8 Å². The molecule has 6 nitrogen and oxygen atoms in total. The number of nitrogens with one attached hydrogen (secondary N) is 1. The SMILES string of the molecule is CC(C)N1CC=C2C(C#N)C(=N)C(C#N)(C#N)[C@H](c3ccncc3)[C@H]2C1. The van der Waals surface area contributed by atoms with Gasteiger partial charge in [-0.1, -0.05) is 6.08 Å². The predicted octanol–water partition coefficient (Wildman–Crippen LogP) is 2.64. The lowest BCUT2D eigenvalue weighted by atomic mass is 9.54. The molecule has 2 heterocycles. The lowest BCUT2D eigenvalue weighted by Crippen LogP contribution is -2.53. The zero-order valence-electron chi connectivity index (χ0n) is 14.8. The van der Waals surface area contributed by atoms with Gasteiger partial charge in [0.15, 0.2) is 5.41 Å². The minimum absolute atomic E-state index is 0.104. The zero-order chi connectivity index (χ0) is 18.9. The summed E-state index contributed by atoms with van der Waals surface area (Å²) in [5.74, 6) is -1.47. The number of nitriles is 3. The van der Waals surface area contributed by atoms with Crippen LogP contribution in [0.4, 0.5) is 0 Å². The Morgan fingerprint density at radius 1 is 1.23 bits per heavy atom. The summed E-state index contributed by atoms with van der Waals surface area (Å²) in [5.41, 5.74) is -0.0700. The van der Waals surface area contributed by atoms with E-state index in [9.17, 15) is 15.8 Å². The molecule has 0 spiro atoms. The molecule has 2 aliphatic rings. The summed E-state index contributed by atoms with van der Waals surface area (Å²) >= 11 is 0. The molecule has 0 aromatic carbocycles. The fourth-order valence-corrected chi connectivity index (χ4v) is 4.20. The average molecular weight is 344 g/mol. The maximum atomic E-state index is 9.95. The van der Waals surface area contributed by atoms with Crippen molar-refractivity contribution in [2.75, 3.05) is 13.1 Å². The van der Waals surface area contributed by atoms with E-state index in [1.807, 2.05) is 6.08 Å². The van der Waals surface area contributed by atoms with E-state index in [2.05, 4.69) is 41.9 Å². The van der Waals surface area contributed by atoms with E-state index in [4.69, 9.17) is 5.41 Å². The Morgan fingerprint density at radius 3 is 2.42 bits per heavy atom. The van der Waals surface area contributed by atoms with Crippen molar-refractivity contribution >= 4 is 5.71 Å². The van der Waals surface area contributed by atoms with Gasteiger partial charge in [-0.05, 0) is 37.1 Å². The number of nitrogens with zero attached hydrogens (tertiary/aromatic N) is 5. The highest BCUT2D eigenvalue weighted by atomic mass is 15.2. The molecule has 1 unspecified atom stereocenters. The largest absolute Gasteiger partial charge is 0.305 e. The lowest BCUT2D eigenvalue weighted by molar-refractivity contribution is 0.171. The molecular weight excluding hydrogens is 324 g/mol. The van der Waals surface area contributed by atoms with Crippen LogP contribution in [0.1, 0.15) is 25.3 Å². The molecule has 1 fully saturated rings. The van der Waals surface area contributed by atoms with E-state index in [0.29, 0.717) is 19.1 Å². The smallest absolute Gasteiger partial charge is 0.189 e. The molecule has 1 aliphatic carbocycles. The molecule has 1 saturated carbocycles. The van der Waals surface area contributed by atoms with Gasteiger partial charge in [0, 0.05) is 43.4 Å². The first-order valence-corrected chi connectivity index (χ1v) is 8.65. The Kier molecular flexibility index (Phi) is 4.60. The predicted molar refractivity (Wildman–Crippen MR) is 95.7 cm³/mol. The normalized spacial score (nSPS) is 27.6. The van der Waals surface area contributed by atoms with Gasteiger partial charge in [-0.25, -0.2) is 0 Å². The zero-order valence-corrected chi connectivity index (χ0v) is 14.8. The molecule has 1 aromatic heterocycles. The number of hydrogen-bond acceptors (Lipinski definition) is 6. The molecule has 3 atom stereocenters. The van der Waals surface area contributed by atoms with Crippen LogP contribution in [-0.4, -0.2) is 34.7 Å². The van der Waals surface area contributed by atoms with E-state index >= 15 is 0 Å². The molecule has 3 rings (SSSR count).